The highest BCUT2D eigenvalue weighted by molar-refractivity contribution is 5.85. The van der Waals surface area contributed by atoms with Crippen molar-refractivity contribution in [3.63, 3.8) is 0 Å². The second-order valence-electron chi connectivity index (χ2n) is 3.16. The van der Waals surface area contributed by atoms with E-state index in [2.05, 4.69) is 4.98 Å². The minimum absolute atomic E-state index is 0.0394. The van der Waals surface area contributed by atoms with E-state index in [1.165, 1.54) is 0 Å². The van der Waals surface area contributed by atoms with Gasteiger partial charge in [0.25, 0.3) is 6.01 Å². The SMILES string of the molecule is CN(c1nc(C(=O)O)co1)C1CC1. The van der Waals surface area contributed by atoms with E-state index in [0.29, 0.717) is 12.1 Å². The normalized spacial score (nSPS) is 15.8. The number of oxazole rings is 1. The van der Waals surface area contributed by atoms with Gasteiger partial charge in [-0.1, -0.05) is 0 Å². The molecule has 5 nitrogen and oxygen atoms in total. The van der Waals surface area contributed by atoms with Crippen molar-refractivity contribution in [2.24, 2.45) is 0 Å². The second-order valence-corrected chi connectivity index (χ2v) is 3.16. The molecule has 0 spiro atoms. The van der Waals surface area contributed by atoms with Crippen molar-refractivity contribution in [1.29, 1.82) is 0 Å². The molecule has 13 heavy (non-hydrogen) atoms. The van der Waals surface area contributed by atoms with E-state index in [9.17, 15) is 4.79 Å². The van der Waals surface area contributed by atoms with E-state index in [0.717, 1.165) is 19.1 Å². The number of nitrogens with zero attached hydrogens (tertiary/aromatic N) is 2. The number of hydrogen-bond donors (Lipinski definition) is 1. The lowest BCUT2D eigenvalue weighted by molar-refractivity contribution is 0.0690. The Balaban J connectivity index is 2.16. The molecule has 1 saturated carbocycles. The van der Waals surface area contributed by atoms with Crippen molar-refractivity contribution in [3.05, 3.63) is 12.0 Å². The van der Waals surface area contributed by atoms with Gasteiger partial charge < -0.3 is 14.4 Å². The zero-order valence-electron chi connectivity index (χ0n) is 7.23. The van der Waals surface area contributed by atoms with E-state index in [4.69, 9.17) is 9.52 Å². The maximum atomic E-state index is 10.5. The molecule has 0 bridgehead atoms. The maximum Gasteiger partial charge on any atom is 0.357 e. The first-order valence-electron chi connectivity index (χ1n) is 4.10. The van der Waals surface area contributed by atoms with Crippen LogP contribution in [0.1, 0.15) is 23.3 Å². The minimum Gasteiger partial charge on any atom is -0.476 e. The van der Waals surface area contributed by atoms with Crippen LogP contribution in [-0.4, -0.2) is 29.1 Å². The fourth-order valence-corrected chi connectivity index (χ4v) is 1.14. The number of aromatic carboxylic acids is 1. The maximum absolute atomic E-state index is 10.5. The Labute approximate surface area is 75.0 Å². The molecule has 0 amide bonds. The molecule has 1 aromatic rings. The first-order chi connectivity index (χ1) is 6.18. The van der Waals surface area contributed by atoms with Gasteiger partial charge in [-0.15, -0.1) is 0 Å². The first kappa shape index (κ1) is 8.10. The molecule has 0 saturated heterocycles. The first-order valence-corrected chi connectivity index (χ1v) is 4.10. The van der Waals surface area contributed by atoms with Crippen molar-refractivity contribution in [2.75, 3.05) is 11.9 Å². The van der Waals surface area contributed by atoms with E-state index < -0.39 is 5.97 Å². The monoisotopic (exact) mass is 182 g/mol. The van der Waals surface area contributed by atoms with E-state index in [-0.39, 0.29) is 5.69 Å². The van der Waals surface area contributed by atoms with Gasteiger partial charge in [0.1, 0.15) is 6.26 Å². The number of hydrogen-bond acceptors (Lipinski definition) is 4. The van der Waals surface area contributed by atoms with Crippen molar-refractivity contribution < 1.29 is 14.3 Å². The third-order valence-corrected chi connectivity index (χ3v) is 2.11. The smallest absolute Gasteiger partial charge is 0.357 e. The van der Waals surface area contributed by atoms with E-state index in [1.54, 1.807) is 0 Å². The fourth-order valence-electron chi connectivity index (χ4n) is 1.14. The van der Waals surface area contributed by atoms with Gasteiger partial charge in [0.05, 0.1) is 0 Å². The van der Waals surface area contributed by atoms with Gasteiger partial charge in [-0.25, -0.2) is 4.79 Å². The van der Waals surface area contributed by atoms with Crippen LogP contribution in [0.3, 0.4) is 0 Å². The van der Waals surface area contributed by atoms with Gasteiger partial charge in [-0.05, 0) is 12.8 Å². The molecule has 2 rings (SSSR count). The molecule has 0 unspecified atom stereocenters. The van der Waals surface area contributed by atoms with Crippen LogP contribution in [0.2, 0.25) is 0 Å². The van der Waals surface area contributed by atoms with Gasteiger partial charge in [-0.2, -0.15) is 4.98 Å². The Bertz CT molecular complexity index is 330. The lowest BCUT2D eigenvalue weighted by Gasteiger charge is -2.11. The second kappa shape index (κ2) is 2.76. The summed E-state index contributed by atoms with van der Waals surface area (Å²) < 4.78 is 5.02. The van der Waals surface area contributed by atoms with Gasteiger partial charge in [0.2, 0.25) is 0 Å². The molecule has 0 aliphatic heterocycles. The van der Waals surface area contributed by atoms with Gasteiger partial charge in [0.15, 0.2) is 5.69 Å². The summed E-state index contributed by atoms with van der Waals surface area (Å²) in [7, 11) is 1.86. The molecular formula is C8H10N2O3. The van der Waals surface area contributed by atoms with Crippen LogP contribution in [0.15, 0.2) is 10.7 Å². The minimum atomic E-state index is -1.06. The lowest BCUT2D eigenvalue weighted by atomic mass is 10.5. The molecule has 1 aliphatic carbocycles. The summed E-state index contributed by atoms with van der Waals surface area (Å²) in [6.45, 7) is 0. The van der Waals surface area contributed by atoms with E-state index in [1.807, 2.05) is 11.9 Å². The highest BCUT2D eigenvalue weighted by Gasteiger charge is 2.29. The third-order valence-electron chi connectivity index (χ3n) is 2.11. The van der Waals surface area contributed by atoms with Crippen molar-refractivity contribution >= 4 is 12.0 Å². The Morgan fingerprint density at radius 1 is 1.77 bits per heavy atom. The summed E-state index contributed by atoms with van der Waals surface area (Å²) in [5.74, 6) is -1.06. The molecule has 1 heterocycles. The standard InChI is InChI=1S/C8H10N2O3/c1-10(5-2-3-5)8-9-6(4-13-8)7(11)12/h4-5H,2-3H2,1H3,(H,11,12). The summed E-state index contributed by atoms with van der Waals surface area (Å²) in [6.07, 6.45) is 3.42. The van der Waals surface area contributed by atoms with Crippen LogP contribution < -0.4 is 4.90 Å². The van der Waals surface area contributed by atoms with Crippen LogP contribution in [0.5, 0.6) is 0 Å². The van der Waals surface area contributed by atoms with Crippen molar-refractivity contribution in [1.82, 2.24) is 4.98 Å². The number of carboxylic acids is 1. The number of aromatic nitrogens is 1. The Morgan fingerprint density at radius 2 is 2.46 bits per heavy atom. The van der Waals surface area contributed by atoms with Crippen LogP contribution in [0.25, 0.3) is 0 Å². The molecule has 70 valence electrons. The number of rotatable bonds is 3. The molecular weight excluding hydrogens is 172 g/mol. The highest BCUT2D eigenvalue weighted by Crippen LogP contribution is 2.29. The lowest BCUT2D eigenvalue weighted by Crippen LogP contribution is -2.19. The van der Waals surface area contributed by atoms with Crippen molar-refractivity contribution in [3.8, 4) is 0 Å². The van der Waals surface area contributed by atoms with Crippen LogP contribution in [0.4, 0.5) is 6.01 Å². The topological polar surface area (TPSA) is 66.6 Å². The molecule has 0 radical (unpaired) electrons. The van der Waals surface area contributed by atoms with Gasteiger partial charge in [0, 0.05) is 13.1 Å². The molecule has 1 fully saturated rings. The van der Waals surface area contributed by atoms with Crippen LogP contribution >= 0.6 is 0 Å². The zero-order chi connectivity index (χ0) is 9.42. The molecule has 1 aromatic heterocycles. The van der Waals surface area contributed by atoms with Crippen molar-refractivity contribution in [2.45, 2.75) is 18.9 Å². The molecule has 5 heteroatoms. The molecule has 1 aliphatic rings. The van der Waals surface area contributed by atoms with Crippen LogP contribution in [-0.2, 0) is 0 Å². The number of anilines is 1. The Hall–Kier alpha value is -1.52. The number of carbonyl (C=O) groups is 1. The number of carboxylic acid groups (broad SMARTS) is 1. The average molecular weight is 182 g/mol. The largest absolute Gasteiger partial charge is 0.476 e. The van der Waals surface area contributed by atoms with Gasteiger partial charge in [-0.3, -0.25) is 0 Å². The predicted octanol–water partition coefficient (Wildman–Crippen LogP) is 0.971. The Morgan fingerprint density at radius 3 is 2.92 bits per heavy atom. The Kier molecular flexibility index (Phi) is 1.72. The third kappa shape index (κ3) is 1.49. The van der Waals surface area contributed by atoms with Crippen LogP contribution in [0, 0.1) is 0 Å². The quantitative estimate of drug-likeness (QED) is 0.754. The summed E-state index contributed by atoms with van der Waals surface area (Å²) in [6, 6.07) is 0.861. The molecule has 1 N–H and O–H groups in total. The summed E-state index contributed by atoms with van der Waals surface area (Å²) in [4.78, 5) is 16.2. The van der Waals surface area contributed by atoms with E-state index >= 15 is 0 Å². The predicted molar refractivity (Wildman–Crippen MR) is 44.9 cm³/mol. The summed E-state index contributed by atoms with van der Waals surface area (Å²) in [5.41, 5.74) is -0.0394. The van der Waals surface area contributed by atoms with Gasteiger partial charge >= 0.3 is 5.97 Å². The average Bonchev–Trinajstić information content (AvgIpc) is 2.81. The molecule has 0 atom stereocenters. The highest BCUT2D eigenvalue weighted by atomic mass is 16.4. The fraction of sp³-hybridized carbons (Fsp3) is 0.500. The molecule has 0 aromatic carbocycles. The summed E-state index contributed by atoms with van der Waals surface area (Å²) >= 11 is 0. The zero-order valence-corrected chi connectivity index (χ0v) is 7.23. The summed E-state index contributed by atoms with van der Waals surface area (Å²) in [5, 5.41) is 8.59.